The zero-order chi connectivity index (χ0) is 16.9. The maximum absolute atomic E-state index is 2.49. The molecule has 3 rings (SSSR count). The van der Waals surface area contributed by atoms with E-state index < -0.39 is 8.07 Å². The molecule has 0 unspecified atom stereocenters. The number of benzene rings is 3. The van der Waals surface area contributed by atoms with Gasteiger partial charge in [-0.2, -0.15) is 0 Å². The van der Waals surface area contributed by atoms with Crippen molar-refractivity contribution >= 4 is 24.4 Å². The Hall–Kier alpha value is -2.11. The molecule has 122 valence electrons. The third-order valence-corrected chi connectivity index (χ3v) is 6.70. The van der Waals surface area contributed by atoms with E-state index in [-0.39, 0.29) is 0 Å². The lowest BCUT2D eigenvalue weighted by Gasteiger charge is -2.33. The van der Waals surface area contributed by atoms with E-state index >= 15 is 0 Å². The minimum atomic E-state index is -0.593. The van der Waals surface area contributed by atoms with Crippen molar-refractivity contribution in [2.45, 2.75) is 20.3 Å². The summed E-state index contributed by atoms with van der Waals surface area (Å²) in [6.45, 7) is 4.45. The molecule has 24 heavy (non-hydrogen) atoms. The van der Waals surface area contributed by atoms with Crippen LogP contribution in [-0.2, 0) is 6.42 Å². The Labute approximate surface area is 146 Å². The minimum Gasteiger partial charge on any atom is -0.346 e. The van der Waals surface area contributed by atoms with Crippen molar-refractivity contribution in [3.63, 3.8) is 0 Å². The molecular formula is C22H24NP. The predicted molar refractivity (Wildman–Crippen MR) is 108 cm³/mol. The van der Waals surface area contributed by atoms with E-state index in [9.17, 15) is 0 Å². The monoisotopic (exact) mass is 333 g/mol. The molecule has 3 aromatic rings. The van der Waals surface area contributed by atoms with E-state index in [1.54, 1.807) is 0 Å². The lowest BCUT2D eigenvalue weighted by molar-refractivity contribution is 1.11. The third-order valence-electron chi connectivity index (χ3n) is 4.33. The first kappa shape index (κ1) is 16.7. The minimum absolute atomic E-state index is 0.593. The second kappa shape index (κ2) is 7.64. The van der Waals surface area contributed by atoms with Crippen molar-refractivity contribution in [2.24, 2.45) is 0 Å². The lowest BCUT2D eigenvalue weighted by atomic mass is 10.1. The zero-order valence-corrected chi connectivity index (χ0v) is 15.5. The molecule has 0 aliphatic rings. The van der Waals surface area contributed by atoms with Crippen LogP contribution in [0.5, 0.6) is 0 Å². The van der Waals surface area contributed by atoms with Crippen LogP contribution in [0.15, 0.2) is 78.9 Å². The van der Waals surface area contributed by atoms with E-state index in [2.05, 4.69) is 104 Å². The Morgan fingerprint density at radius 3 is 1.79 bits per heavy atom. The lowest BCUT2D eigenvalue weighted by Crippen LogP contribution is -2.26. The van der Waals surface area contributed by atoms with E-state index in [4.69, 9.17) is 0 Å². The second-order valence-corrected chi connectivity index (χ2v) is 8.20. The maximum atomic E-state index is 2.49. The summed E-state index contributed by atoms with van der Waals surface area (Å²) in [6, 6.07) is 28.4. The van der Waals surface area contributed by atoms with Gasteiger partial charge < -0.3 is 4.67 Å². The molecule has 0 saturated carbocycles. The van der Waals surface area contributed by atoms with Crippen LogP contribution in [0.25, 0.3) is 0 Å². The van der Waals surface area contributed by atoms with Gasteiger partial charge >= 0.3 is 0 Å². The standard InChI is InChI=1S/C22H24NP/c1-4-19-13-11-12-18(2)22(19)23(3)24(20-14-7-5-8-15-20)21-16-9-6-10-17-21/h5-17H,4H2,1-3H3. The molecule has 0 spiro atoms. The topological polar surface area (TPSA) is 3.24 Å². The van der Waals surface area contributed by atoms with Crippen LogP contribution in [-0.4, -0.2) is 7.05 Å². The number of nitrogens with zero attached hydrogens (tertiary/aromatic N) is 1. The van der Waals surface area contributed by atoms with Crippen LogP contribution >= 0.6 is 8.07 Å². The molecule has 0 bridgehead atoms. The molecule has 0 radical (unpaired) electrons. The van der Waals surface area contributed by atoms with Gasteiger partial charge in [-0.3, -0.25) is 0 Å². The van der Waals surface area contributed by atoms with Crippen LogP contribution in [0.1, 0.15) is 18.1 Å². The summed E-state index contributed by atoms with van der Waals surface area (Å²) < 4.78 is 2.49. The van der Waals surface area contributed by atoms with Gasteiger partial charge in [0.05, 0.1) is 8.07 Å². The molecule has 0 aromatic heterocycles. The van der Waals surface area contributed by atoms with Crippen LogP contribution in [0.3, 0.4) is 0 Å². The summed E-state index contributed by atoms with van der Waals surface area (Å²) in [7, 11) is 1.65. The fourth-order valence-electron chi connectivity index (χ4n) is 3.20. The average molecular weight is 333 g/mol. The highest BCUT2D eigenvalue weighted by Gasteiger charge is 2.22. The Kier molecular flexibility index (Phi) is 5.33. The molecule has 1 nitrogen and oxygen atoms in total. The number of hydrogen-bond donors (Lipinski definition) is 0. The van der Waals surface area contributed by atoms with Crippen LogP contribution in [0.2, 0.25) is 0 Å². The summed E-state index contributed by atoms with van der Waals surface area (Å²) in [5.41, 5.74) is 4.13. The average Bonchev–Trinajstić information content (AvgIpc) is 2.63. The summed E-state index contributed by atoms with van der Waals surface area (Å²) >= 11 is 0. The van der Waals surface area contributed by atoms with Gasteiger partial charge in [0, 0.05) is 23.3 Å². The van der Waals surface area contributed by atoms with E-state index in [1.165, 1.54) is 27.4 Å². The maximum Gasteiger partial charge on any atom is 0.0547 e. The first-order valence-electron chi connectivity index (χ1n) is 8.44. The smallest absolute Gasteiger partial charge is 0.0547 e. The van der Waals surface area contributed by atoms with Gasteiger partial charge in [0.2, 0.25) is 0 Å². The molecule has 0 fully saturated rings. The number of para-hydroxylation sites is 1. The summed E-state index contributed by atoms with van der Waals surface area (Å²) in [5, 5.41) is 2.76. The van der Waals surface area contributed by atoms with Gasteiger partial charge in [0.15, 0.2) is 0 Å². The summed E-state index contributed by atoms with van der Waals surface area (Å²) in [6.07, 6.45) is 1.05. The third kappa shape index (κ3) is 3.37. The van der Waals surface area contributed by atoms with Crippen molar-refractivity contribution in [2.75, 3.05) is 11.7 Å². The molecule has 0 amide bonds. The number of anilines is 1. The number of aryl methyl sites for hydroxylation is 2. The van der Waals surface area contributed by atoms with Gasteiger partial charge in [-0.15, -0.1) is 0 Å². The van der Waals surface area contributed by atoms with Crippen LogP contribution < -0.4 is 15.3 Å². The number of rotatable bonds is 5. The van der Waals surface area contributed by atoms with E-state index in [1.807, 2.05) is 0 Å². The fourth-order valence-corrected chi connectivity index (χ4v) is 5.59. The van der Waals surface area contributed by atoms with E-state index in [0.29, 0.717) is 0 Å². The van der Waals surface area contributed by atoms with E-state index in [0.717, 1.165) is 6.42 Å². The predicted octanol–water partition coefficient (Wildman–Crippen LogP) is 5.04. The van der Waals surface area contributed by atoms with Crippen molar-refractivity contribution < 1.29 is 0 Å². The van der Waals surface area contributed by atoms with Gasteiger partial charge in [0.1, 0.15) is 0 Å². The van der Waals surface area contributed by atoms with Gasteiger partial charge in [-0.1, -0.05) is 85.8 Å². The first-order valence-corrected chi connectivity index (χ1v) is 9.74. The van der Waals surface area contributed by atoms with Crippen molar-refractivity contribution in [1.82, 2.24) is 0 Å². The molecule has 0 N–H and O–H groups in total. The Morgan fingerprint density at radius 1 is 0.750 bits per heavy atom. The highest BCUT2D eigenvalue weighted by atomic mass is 31.1. The molecule has 0 atom stereocenters. The normalized spacial score (nSPS) is 10.8. The molecule has 2 heteroatoms. The van der Waals surface area contributed by atoms with Crippen molar-refractivity contribution in [1.29, 1.82) is 0 Å². The van der Waals surface area contributed by atoms with Crippen molar-refractivity contribution in [3.8, 4) is 0 Å². The van der Waals surface area contributed by atoms with Crippen LogP contribution in [0.4, 0.5) is 5.69 Å². The Bertz CT molecular complexity index is 744. The molecule has 3 aromatic carbocycles. The summed E-state index contributed by atoms with van der Waals surface area (Å²) in [4.78, 5) is 0. The van der Waals surface area contributed by atoms with Crippen LogP contribution in [0, 0.1) is 6.92 Å². The second-order valence-electron chi connectivity index (χ2n) is 5.94. The first-order chi connectivity index (χ1) is 11.7. The number of hydrogen-bond acceptors (Lipinski definition) is 1. The highest BCUT2D eigenvalue weighted by molar-refractivity contribution is 7.74. The Balaban J connectivity index is 2.13. The summed E-state index contributed by atoms with van der Waals surface area (Å²) in [5.74, 6) is 0. The highest BCUT2D eigenvalue weighted by Crippen LogP contribution is 2.43. The molecule has 0 heterocycles. The van der Waals surface area contributed by atoms with Gasteiger partial charge in [0.25, 0.3) is 0 Å². The fraction of sp³-hybridized carbons (Fsp3) is 0.182. The molecular weight excluding hydrogens is 309 g/mol. The molecule has 0 aliphatic heterocycles. The zero-order valence-electron chi connectivity index (χ0n) is 14.6. The quantitative estimate of drug-likeness (QED) is 0.591. The molecule has 0 saturated heterocycles. The van der Waals surface area contributed by atoms with Gasteiger partial charge in [-0.25, -0.2) is 0 Å². The van der Waals surface area contributed by atoms with Crippen molar-refractivity contribution in [3.05, 3.63) is 90.0 Å². The SMILES string of the molecule is CCc1cccc(C)c1N(C)P(c1ccccc1)c1ccccc1. The molecule has 0 aliphatic carbocycles. The Morgan fingerprint density at radius 2 is 1.29 bits per heavy atom. The largest absolute Gasteiger partial charge is 0.346 e. The van der Waals surface area contributed by atoms with Gasteiger partial charge in [-0.05, 0) is 24.5 Å².